The molecule has 1 aliphatic rings. The van der Waals surface area contributed by atoms with Gasteiger partial charge < -0.3 is 0 Å². The Balaban J connectivity index is 1.86. The lowest BCUT2D eigenvalue weighted by Gasteiger charge is -2.12. The molecule has 18 heavy (non-hydrogen) atoms. The van der Waals surface area contributed by atoms with Crippen molar-refractivity contribution < 1.29 is 4.79 Å². The molecule has 2 rings (SSSR count). The minimum Gasteiger partial charge on any atom is -0.299 e. The fourth-order valence-electron chi connectivity index (χ4n) is 2.85. The maximum Gasteiger partial charge on any atom is 0.139 e. The van der Waals surface area contributed by atoms with E-state index in [1.54, 1.807) is 6.20 Å². The van der Waals surface area contributed by atoms with Crippen LogP contribution in [0.3, 0.4) is 0 Å². The van der Waals surface area contributed by atoms with Crippen molar-refractivity contribution in [2.45, 2.75) is 58.3 Å². The van der Waals surface area contributed by atoms with Crippen molar-refractivity contribution >= 4 is 5.78 Å². The summed E-state index contributed by atoms with van der Waals surface area (Å²) in [6, 6.07) is 3.95. The van der Waals surface area contributed by atoms with Gasteiger partial charge in [0.2, 0.25) is 0 Å². The molecule has 1 aromatic heterocycles. The molecule has 0 radical (unpaired) electrons. The van der Waals surface area contributed by atoms with E-state index in [-0.39, 0.29) is 0 Å². The summed E-state index contributed by atoms with van der Waals surface area (Å²) in [4.78, 5) is 16.4. The molecular formula is C16H23NO. The lowest BCUT2D eigenvalue weighted by Crippen LogP contribution is -2.12. The number of aromatic nitrogens is 1. The van der Waals surface area contributed by atoms with Crippen LogP contribution in [-0.2, 0) is 11.2 Å². The number of ketones is 1. The zero-order valence-corrected chi connectivity index (χ0v) is 11.3. The van der Waals surface area contributed by atoms with Gasteiger partial charge in [-0.1, -0.05) is 44.6 Å². The van der Waals surface area contributed by atoms with Gasteiger partial charge in [0.05, 0.1) is 5.69 Å². The Bertz CT molecular complexity index is 392. The Kier molecular flexibility index (Phi) is 4.91. The van der Waals surface area contributed by atoms with Crippen LogP contribution in [0.25, 0.3) is 0 Å². The number of carbonyl (C=O) groups excluding carboxylic acids is 1. The lowest BCUT2D eigenvalue weighted by atomic mass is 9.92. The quantitative estimate of drug-likeness (QED) is 0.754. The van der Waals surface area contributed by atoms with Crippen LogP contribution in [0.2, 0.25) is 0 Å². The predicted octanol–water partition coefficient (Wildman–Crippen LogP) is 3.86. The summed E-state index contributed by atoms with van der Waals surface area (Å²) in [7, 11) is 0. The van der Waals surface area contributed by atoms with Crippen LogP contribution in [0.4, 0.5) is 0 Å². The van der Waals surface area contributed by atoms with Crippen LogP contribution in [0.15, 0.2) is 18.3 Å². The Morgan fingerprint density at radius 3 is 2.67 bits per heavy atom. The molecule has 0 saturated heterocycles. The molecule has 2 nitrogen and oxygen atoms in total. The summed E-state index contributed by atoms with van der Waals surface area (Å²) in [5.74, 6) is 0.993. The average molecular weight is 245 g/mol. The predicted molar refractivity (Wildman–Crippen MR) is 73.5 cm³/mol. The Hall–Kier alpha value is -1.18. The topological polar surface area (TPSA) is 30.0 Å². The van der Waals surface area contributed by atoms with Gasteiger partial charge in [-0.3, -0.25) is 9.78 Å². The van der Waals surface area contributed by atoms with Crippen molar-refractivity contribution in [3.8, 4) is 0 Å². The van der Waals surface area contributed by atoms with Gasteiger partial charge in [0.25, 0.3) is 0 Å². The number of rotatable bonds is 4. The molecule has 98 valence electrons. The van der Waals surface area contributed by atoms with E-state index in [0.717, 1.165) is 17.7 Å². The summed E-state index contributed by atoms with van der Waals surface area (Å²) >= 11 is 0. The molecule has 1 aromatic rings. The maximum absolute atomic E-state index is 12.1. The molecule has 0 aliphatic heterocycles. The van der Waals surface area contributed by atoms with E-state index in [1.807, 2.05) is 19.1 Å². The van der Waals surface area contributed by atoms with E-state index in [0.29, 0.717) is 18.1 Å². The third-order valence-electron chi connectivity index (χ3n) is 3.97. The molecule has 0 bridgehead atoms. The third-order valence-corrected chi connectivity index (χ3v) is 3.97. The van der Waals surface area contributed by atoms with E-state index in [9.17, 15) is 4.79 Å². The lowest BCUT2D eigenvalue weighted by molar-refractivity contribution is -0.119. The first-order chi connectivity index (χ1) is 8.75. The first-order valence-corrected chi connectivity index (χ1v) is 7.18. The van der Waals surface area contributed by atoms with Crippen molar-refractivity contribution in [2.24, 2.45) is 5.92 Å². The van der Waals surface area contributed by atoms with Gasteiger partial charge in [-0.15, -0.1) is 0 Å². The molecular weight excluding hydrogens is 222 g/mol. The summed E-state index contributed by atoms with van der Waals surface area (Å²) in [5.41, 5.74) is 2.09. The fraction of sp³-hybridized carbons (Fsp3) is 0.625. The van der Waals surface area contributed by atoms with Gasteiger partial charge in [0.15, 0.2) is 0 Å². The maximum atomic E-state index is 12.1. The van der Waals surface area contributed by atoms with E-state index in [1.165, 1.54) is 38.5 Å². The standard InChI is InChI=1S/C16H23NO/c1-13-7-6-10-17-16(13)12-15(18)11-14-8-4-2-3-5-9-14/h6-7,10,14H,2-5,8-9,11-12H2,1H3. The van der Waals surface area contributed by atoms with Crippen LogP contribution in [0.1, 0.15) is 56.2 Å². The van der Waals surface area contributed by atoms with Crippen LogP contribution < -0.4 is 0 Å². The first kappa shape index (κ1) is 13.3. The molecule has 0 N–H and O–H groups in total. The molecule has 1 fully saturated rings. The number of hydrogen-bond donors (Lipinski definition) is 0. The highest BCUT2D eigenvalue weighted by atomic mass is 16.1. The summed E-state index contributed by atoms with van der Waals surface area (Å²) < 4.78 is 0. The van der Waals surface area contributed by atoms with Crippen LogP contribution in [0, 0.1) is 12.8 Å². The second kappa shape index (κ2) is 6.67. The zero-order chi connectivity index (χ0) is 12.8. The van der Waals surface area contributed by atoms with E-state index in [4.69, 9.17) is 0 Å². The van der Waals surface area contributed by atoms with Gasteiger partial charge in [-0.25, -0.2) is 0 Å². The Labute approximate surface area is 110 Å². The molecule has 0 amide bonds. The van der Waals surface area contributed by atoms with Crippen molar-refractivity contribution in [3.05, 3.63) is 29.6 Å². The SMILES string of the molecule is Cc1cccnc1CC(=O)CC1CCCCCC1. The normalized spacial score (nSPS) is 17.4. The number of aryl methyl sites for hydroxylation is 1. The van der Waals surface area contributed by atoms with E-state index < -0.39 is 0 Å². The van der Waals surface area contributed by atoms with Crippen LogP contribution in [-0.4, -0.2) is 10.8 Å². The van der Waals surface area contributed by atoms with Gasteiger partial charge in [-0.05, 0) is 24.5 Å². The van der Waals surface area contributed by atoms with Gasteiger partial charge in [-0.2, -0.15) is 0 Å². The summed E-state index contributed by atoms with van der Waals surface area (Å²) in [5, 5.41) is 0. The number of pyridine rings is 1. The molecule has 1 heterocycles. The van der Waals surface area contributed by atoms with E-state index >= 15 is 0 Å². The van der Waals surface area contributed by atoms with Gasteiger partial charge in [0, 0.05) is 19.0 Å². The molecule has 1 saturated carbocycles. The smallest absolute Gasteiger partial charge is 0.139 e. The highest BCUT2D eigenvalue weighted by Gasteiger charge is 2.16. The van der Waals surface area contributed by atoms with Gasteiger partial charge in [0.1, 0.15) is 5.78 Å². The van der Waals surface area contributed by atoms with Gasteiger partial charge >= 0.3 is 0 Å². The Morgan fingerprint density at radius 1 is 1.28 bits per heavy atom. The minimum atomic E-state index is 0.365. The third kappa shape index (κ3) is 3.94. The summed E-state index contributed by atoms with van der Waals surface area (Å²) in [6.45, 7) is 2.03. The second-order valence-electron chi connectivity index (χ2n) is 5.54. The molecule has 2 heteroatoms. The highest BCUT2D eigenvalue weighted by Crippen LogP contribution is 2.26. The van der Waals surface area contributed by atoms with Crippen molar-refractivity contribution in [1.29, 1.82) is 0 Å². The number of hydrogen-bond acceptors (Lipinski definition) is 2. The Morgan fingerprint density at radius 2 is 2.00 bits per heavy atom. The molecule has 0 unspecified atom stereocenters. The molecule has 0 spiro atoms. The number of nitrogens with zero attached hydrogens (tertiary/aromatic N) is 1. The monoisotopic (exact) mass is 245 g/mol. The first-order valence-electron chi connectivity index (χ1n) is 7.18. The molecule has 0 aromatic carbocycles. The highest BCUT2D eigenvalue weighted by molar-refractivity contribution is 5.80. The molecule has 1 aliphatic carbocycles. The second-order valence-corrected chi connectivity index (χ2v) is 5.54. The van der Waals surface area contributed by atoms with E-state index in [2.05, 4.69) is 4.98 Å². The van der Waals surface area contributed by atoms with Crippen LogP contribution in [0.5, 0.6) is 0 Å². The fourth-order valence-corrected chi connectivity index (χ4v) is 2.85. The zero-order valence-electron chi connectivity index (χ0n) is 11.3. The minimum absolute atomic E-state index is 0.365. The average Bonchev–Trinajstić information content (AvgIpc) is 2.61. The van der Waals surface area contributed by atoms with Crippen molar-refractivity contribution in [1.82, 2.24) is 4.98 Å². The van der Waals surface area contributed by atoms with Crippen molar-refractivity contribution in [2.75, 3.05) is 0 Å². The molecule has 0 atom stereocenters. The number of carbonyl (C=O) groups is 1. The number of Topliss-reactive ketones (excluding diaryl/α,β-unsaturated/α-hetero) is 1. The summed E-state index contributed by atoms with van der Waals surface area (Å²) in [6.07, 6.45) is 10.9. The van der Waals surface area contributed by atoms with Crippen LogP contribution >= 0.6 is 0 Å². The largest absolute Gasteiger partial charge is 0.299 e. The van der Waals surface area contributed by atoms with Crippen molar-refractivity contribution in [3.63, 3.8) is 0 Å².